The molecule has 0 aromatic rings. The molecule has 0 saturated heterocycles. The van der Waals surface area contributed by atoms with Crippen LogP contribution in [0.4, 0.5) is 0 Å². The maximum atomic E-state index is 4.95. The van der Waals surface area contributed by atoms with Crippen molar-refractivity contribution in [3.63, 3.8) is 0 Å². The van der Waals surface area contributed by atoms with E-state index in [2.05, 4.69) is 19.2 Å². The van der Waals surface area contributed by atoms with Crippen molar-refractivity contribution in [1.82, 2.24) is 5.32 Å². The Morgan fingerprint density at radius 3 is 2.40 bits per heavy atom. The molecule has 2 heteroatoms. The van der Waals surface area contributed by atoms with Crippen LogP contribution in [0.25, 0.3) is 0 Å². The van der Waals surface area contributed by atoms with Crippen molar-refractivity contribution in [2.45, 2.75) is 32.2 Å². The number of ether oxygens (including phenoxy) is 1. The fourth-order valence-electron chi connectivity index (χ4n) is 0.783. The topological polar surface area (TPSA) is 21.3 Å². The number of rotatable bonds is 5. The van der Waals surface area contributed by atoms with E-state index >= 15 is 0 Å². The van der Waals surface area contributed by atoms with Gasteiger partial charge in [0, 0.05) is 19.3 Å². The second-order valence-corrected chi connectivity index (χ2v) is 3.23. The van der Waals surface area contributed by atoms with Crippen molar-refractivity contribution in [2.24, 2.45) is 0 Å². The predicted molar refractivity (Wildman–Crippen MR) is 44.2 cm³/mol. The molecule has 1 N–H and O–H groups in total. The van der Waals surface area contributed by atoms with Crippen LogP contribution >= 0.6 is 0 Å². The minimum atomic E-state index is 0.262. The highest BCUT2D eigenvalue weighted by atomic mass is 16.5. The van der Waals surface area contributed by atoms with Crippen LogP contribution in [-0.2, 0) is 4.74 Å². The van der Waals surface area contributed by atoms with Crippen molar-refractivity contribution in [3.8, 4) is 0 Å². The van der Waals surface area contributed by atoms with Crippen LogP contribution in [0.1, 0.15) is 26.7 Å². The molecule has 0 bridgehead atoms. The van der Waals surface area contributed by atoms with Crippen molar-refractivity contribution in [3.05, 3.63) is 0 Å². The molecule has 0 aliphatic carbocycles. The van der Waals surface area contributed by atoms with E-state index in [4.69, 9.17) is 4.74 Å². The Balaban J connectivity index is 3.28. The van der Waals surface area contributed by atoms with Gasteiger partial charge in [0.05, 0.1) is 0 Å². The summed E-state index contributed by atoms with van der Waals surface area (Å²) in [6.45, 7) is 5.26. The van der Waals surface area contributed by atoms with E-state index in [-0.39, 0.29) is 5.54 Å². The fourth-order valence-corrected chi connectivity index (χ4v) is 0.783. The van der Waals surface area contributed by atoms with Gasteiger partial charge in [-0.1, -0.05) is 0 Å². The van der Waals surface area contributed by atoms with E-state index in [0.29, 0.717) is 0 Å². The number of nitrogens with one attached hydrogen (secondary N) is 1. The summed E-state index contributed by atoms with van der Waals surface area (Å²) in [5, 5.41) is 3.24. The third kappa shape index (κ3) is 4.77. The van der Waals surface area contributed by atoms with E-state index in [1.54, 1.807) is 7.11 Å². The highest BCUT2D eigenvalue weighted by Crippen LogP contribution is 2.09. The molecular formula is C8H19NO. The van der Waals surface area contributed by atoms with Gasteiger partial charge in [0.1, 0.15) is 0 Å². The molecule has 0 aromatic carbocycles. The van der Waals surface area contributed by atoms with Crippen LogP contribution in [0.15, 0.2) is 0 Å². The normalized spacial score (nSPS) is 12.0. The molecule has 0 rings (SSSR count). The van der Waals surface area contributed by atoms with Crippen molar-refractivity contribution >= 4 is 0 Å². The van der Waals surface area contributed by atoms with Gasteiger partial charge >= 0.3 is 0 Å². The minimum Gasteiger partial charge on any atom is -0.385 e. The Bertz CT molecular complexity index is 81.3. The van der Waals surface area contributed by atoms with E-state index in [9.17, 15) is 0 Å². The lowest BCUT2D eigenvalue weighted by Crippen LogP contribution is -2.36. The molecule has 62 valence electrons. The number of hydrogen-bond acceptors (Lipinski definition) is 2. The Morgan fingerprint density at radius 1 is 1.40 bits per heavy atom. The van der Waals surface area contributed by atoms with Gasteiger partial charge in [-0.05, 0) is 33.7 Å². The molecular weight excluding hydrogens is 126 g/mol. The van der Waals surface area contributed by atoms with Gasteiger partial charge < -0.3 is 10.1 Å². The summed E-state index contributed by atoms with van der Waals surface area (Å²) in [4.78, 5) is 0. The molecule has 0 heterocycles. The summed E-state index contributed by atoms with van der Waals surface area (Å²) in [6.07, 6.45) is 2.29. The van der Waals surface area contributed by atoms with Crippen LogP contribution in [-0.4, -0.2) is 26.3 Å². The SMILES string of the molecule is CNC(C)(C)CCCOC. The molecule has 0 aliphatic rings. The van der Waals surface area contributed by atoms with E-state index in [1.807, 2.05) is 7.05 Å². The summed E-state index contributed by atoms with van der Waals surface area (Å²) in [5.41, 5.74) is 0.262. The largest absolute Gasteiger partial charge is 0.385 e. The lowest BCUT2D eigenvalue weighted by atomic mass is 9.99. The first-order valence-electron chi connectivity index (χ1n) is 3.80. The molecule has 10 heavy (non-hydrogen) atoms. The Hall–Kier alpha value is -0.0800. The van der Waals surface area contributed by atoms with Gasteiger partial charge in [-0.3, -0.25) is 0 Å². The van der Waals surface area contributed by atoms with Gasteiger partial charge in [-0.2, -0.15) is 0 Å². The summed E-state index contributed by atoms with van der Waals surface area (Å²) in [6, 6.07) is 0. The highest BCUT2D eigenvalue weighted by molar-refractivity contribution is 4.74. The lowest BCUT2D eigenvalue weighted by Gasteiger charge is -2.23. The van der Waals surface area contributed by atoms with Gasteiger partial charge in [0.2, 0.25) is 0 Å². The zero-order valence-electron chi connectivity index (χ0n) is 7.53. The van der Waals surface area contributed by atoms with E-state index < -0.39 is 0 Å². The standard InChI is InChI=1S/C8H19NO/c1-8(2,9-3)6-5-7-10-4/h9H,5-7H2,1-4H3. The average Bonchev–Trinajstić information content (AvgIpc) is 1.89. The predicted octanol–water partition coefficient (Wildman–Crippen LogP) is 1.41. The Kier molecular flexibility index (Phi) is 4.65. The molecule has 0 aromatic heterocycles. The molecule has 0 spiro atoms. The first-order valence-corrected chi connectivity index (χ1v) is 3.80. The zero-order chi connectivity index (χ0) is 8.04. The molecule has 0 radical (unpaired) electrons. The lowest BCUT2D eigenvalue weighted by molar-refractivity contribution is 0.182. The first kappa shape index (κ1) is 9.92. The average molecular weight is 145 g/mol. The maximum Gasteiger partial charge on any atom is 0.0462 e. The van der Waals surface area contributed by atoms with E-state index in [0.717, 1.165) is 19.4 Å². The Labute approximate surface area is 64.0 Å². The zero-order valence-corrected chi connectivity index (χ0v) is 7.53. The van der Waals surface area contributed by atoms with Crippen molar-refractivity contribution in [2.75, 3.05) is 20.8 Å². The fraction of sp³-hybridized carbons (Fsp3) is 1.00. The molecule has 0 aliphatic heterocycles. The van der Waals surface area contributed by atoms with Crippen LogP contribution in [0.5, 0.6) is 0 Å². The van der Waals surface area contributed by atoms with Crippen molar-refractivity contribution in [1.29, 1.82) is 0 Å². The second kappa shape index (κ2) is 4.69. The maximum absolute atomic E-state index is 4.95. The van der Waals surface area contributed by atoms with Gasteiger partial charge in [0.25, 0.3) is 0 Å². The highest BCUT2D eigenvalue weighted by Gasteiger charge is 2.12. The quantitative estimate of drug-likeness (QED) is 0.591. The molecule has 2 nitrogen and oxygen atoms in total. The monoisotopic (exact) mass is 145 g/mol. The minimum absolute atomic E-state index is 0.262. The summed E-state index contributed by atoms with van der Waals surface area (Å²) in [7, 11) is 3.74. The molecule has 0 fully saturated rings. The van der Waals surface area contributed by atoms with Crippen LogP contribution < -0.4 is 5.32 Å². The van der Waals surface area contributed by atoms with Crippen LogP contribution in [0, 0.1) is 0 Å². The third-order valence-electron chi connectivity index (χ3n) is 1.83. The molecule has 0 atom stereocenters. The van der Waals surface area contributed by atoms with Gasteiger partial charge in [-0.25, -0.2) is 0 Å². The van der Waals surface area contributed by atoms with Crippen molar-refractivity contribution < 1.29 is 4.74 Å². The summed E-state index contributed by atoms with van der Waals surface area (Å²) < 4.78 is 4.95. The second-order valence-electron chi connectivity index (χ2n) is 3.23. The summed E-state index contributed by atoms with van der Waals surface area (Å²) in [5.74, 6) is 0. The van der Waals surface area contributed by atoms with Crippen LogP contribution in [0.3, 0.4) is 0 Å². The smallest absolute Gasteiger partial charge is 0.0462 e. The molecule has 0 saturated carbocycles. The molecule has 0 unspecified atom stereocenters. The Morgan fingerprint density at radius 2 is 2.00 bits per heavy atom. The first-order chi connectivity index (χ1) is 4.62. The number of hydrogen-bond donors (Lipinski definition) is 1. The third-order valence-corrected chi connectivity index (χ3v) is 1.83. The van der Waals surface area contributed by atoms with Gasteiger partial charge in [0.15, 0.2) is 0 Å². The van der Waals surface area contributed by atoms with E-state index in [1.165, 1.54) is 0 Å². The number of methoxy groups -OCH3 is 1. The summed E-state index contributed by atoms with van der Waals surface area (Å²) >= 11 is 0. The van der Waals surface area contributed by atoms with Crippen LogP contribution in [0.2, 0.25) is 0 Å². The van der Waals surface area contributed by atoms with Gasteiger partial charge in [-0.15, -0.1) is 0 Å². The molecule has 0 amide bonds.